The van der Waals surface area contributed by atoms with E-state index in [0.717, 1.165) is 60.6 Å². The molecule has 30 heavy (non-hydrogen) atoms. The first-order valence-corrected chi connectivity index (χ1v) is 10.6. The molecule has 1 aromatic heterocycles. The van der Waals surface area contributed by atoms with E-state index in [-0.39, 0.29) is 5.75 Å². The highest BCUT2D eigenvalue weighted by atomic mass is 16.3. The van der Waals surface area contributed by atoms with Gasteiger partial charge in [0.25, 0.3) is 0 Å². The Bertz CT molecular complexity index is 1110. The molecule has 0 radical (unpaired) electrons. The molecule has 1 unspecified atom stereocenters. The molecule has 1 N–H and O–H groups in total. The molecule has 1 fully saturated rings. The molecule has 0 amide bonds. The van der Waals surface area contributed by atoms with Crippen LogP contribution < -0.4 is 4.90 Å². The van der Waals surface area contributed by atoms with E-state index in [0.29, 0.717) is 5.92 Å². The maximum Gasteiger partial charge on any atom is 0.147 e. The van der Waals surface area contributed by atoms with Crippen molar-refractivity contribution in [3.63, 3.8) is 0 Å². The number of hydrogen-bond donors (Lipinski definition) is 1. The average molecular weight is 399 g/mol. The summed E-state index contributed by atoms with van der Waals surface area (Å²) in [7, 11) is 0. The van der Waals surface area contributed by atoms with Crippen molar-refractivity contribution in [1.29, 1.82) is 0 Å². The van der Waals surface area contributed by atoms with E-state index in [2.05, 4.69) is 46.0 Å². The van der Waals surface area contributed by atoms with Gasteiger partial charge in [0.1, 0.15) is 11.6 Å². The van der Waals surface area contributed by atoms with Gasteiger partial charge in [-0.3, -0.25) is 4.98 Å². The van der Waals surface area contributed by atoms with Crippen LogP contribution in [-0.4, -0.2) is 46.2 Å². The molecule has 5 rings (SSSR count). The van der Waals surface area contributed by atoms with Crippen molar-refractivity contribution in [3.05, 3.63) is 72.6 Å². The van der Waals surface area contributed by atoms with Crippen LogP contribution in [0.3, 0.4) is 0 Å². The summed E-state index contributed by atoms with van der Waals surface area (Å²) in [5.74, 6) is 1.86. The zero-order valence-corrected chi connectivity index (χ0v) is 17.2. The van der Waals surface area contributed by atoms with Crippen molar-refractivity contribution in [2.45, 2.75) is 13.3 Å². The van der Waals surface area contributed by atoms with Crippen molar-refractivity contribution in [3.8, 4) is 16.9 Å². The largest absolute Gasteiger partial charge is 0.508 e. The summed E-state index contributed by atoms with van der Waals surface area (Å²) in [5, 5.41) is 9.53. The molecule has 0 spiro atoms. The van der Waals surface area contributed by atoms with E-state index < -0.39 is 0 Å². The molecule has 2 aromatic carbocycles. The predicted molar refractivity (Wildman–Crippen MR) is 121 cm³/mol. The Kier molecular flexibility index (Phi) is 4.87. The van der Waals surface area contributed by atoms with E-state index in [4.69, 9.17) is 4.98 Å². The monoisotopic (exact) mass is 398 g/mol. The van der Waals surface area contributed by atoms with Gasteiger partial charge in [-0.1, -0.05) is 37.3 Å². The zero-order valence-electron chi connectivity index (χ0n) is 17.2. The van der Waals surface area contributed by atoms with Crippen molar-refractivity contribution in [2.24, 2.45) is 5.92 Å². The summed E-state index contributed by atoms with van der Waals surface area (Å²) in [6.07, 6.45) is 9.96. The number of anilines is 1. The predicted octanol–water partition coefficient (Wildman–Crippen LogP) is 4.60. The lowest BCUT2D eigenvalue weighted by Crippen LogP contribution is -2.46. The Morgan fingerprint density at radius 2 is 1.63 bits per heavy atom. The van der Waals surface area contributed by atoms with E-state index in [1.54, 1.807) is 12.1 Å². The number of fused-ring (bicyclic) bond motifs is 1. The highest BCUT2D eigenvalue weighted by Crippen LogP contribution is 2.26. The number of nitrogens with zero attached hydrogens (tertiary/aromatic N) is 4. The number of aromatic nitrogens is 2. The maximum absolute atomic E-state index is 9.53. The summed E-state index contributed by atoms with van der Waals surface area (Å²) < 4.78 is 0. The molecule has 3 aromatic rings. The van der Waals surface area contributed by atoms with Gasteiger partial charge < -0.3 is 14.9 Å². The molecule has 5 heteroatoms. The highest BCUT2D eigenvalue weighted by molar-refractivity contribution is 5.82. The number of benzene rings is 2. The van der Waals surface area contributed by atoms with Gasteiger partial charge in [-0.15, -0.1) is 0 Å². The standard InChI is InChI=1S/C25H26N4O/c1-18-2-7-21(8-3-18)28-12-14-29(15-13-28)25-17-26-23-11-6-20(16-24(23)27-25)19-4-9-22(30)10-5-19/h2,4-11,16-18,30H,3,12-15H2,1H3. The Balaban J connectivity index is 1.34. The molecule has 5 nitrogen and oxygen atoms in total. The second-order valence-corrected chi connectivity index (χ2v) is 8.15. The van der Waals surface area contributed by atoms with Gasteiger partial charge in [0.15, 0.2) is 0 Å². The van der Waals surface area contributed by atoms with Gasteiger partial charge in [-0.25, -0.2) is 4.98 Å². The van der Waals surface area contributed by atoms with Crippen LogP contribution in [0.25, 0.3) is 22.2 Å². The Labute approximate surface area is 177 Å². The van der Waals surface area contributed by atoms with E-state index >= 15 is 0 Å². The normalized spacial score (nSPS) is 19.2. The second-order valence-electron chi connectivity index (χ2n) is 8.15. The fraction of sp³-hybridized carbons (Fsp3) is 0.280. The van der Waals surface area contributed by atoms with Crippen molar-refractivity contribution in [2.75, 3.05) is 31.1 Å². The Morgan fingerprint density at radius 1 is 0.900 bits per heavy atom. The first-order valence-electron chi connectivity index (χ1n) is 10.6. The van der Waals surface area contributed by atoms with Gasteiger partial charge in [0.05, 0.1) is 17.2 Å². The number of hydrogen-bond acceptors (Lipinski definition) is 5. The molecule has 0 saturated carbocycles. The third-order valence-corrected chi connectivity index (χ3v) is 5.99. The molecule has 1 aliphatic heterocycles. The smallest absolute Gasteiger partial charge is 0.147 e. The molecular weight excluding hydrogens is 372 g/mol. The van der Waals surface area contributed by atoms with Crippen LogP contribution in [0.2, 0.25) is 0 Å². The van der Waals surface area contributed by atoms with Crippen LogP contribution >= 0.6 is 0 Å². The topological polar surface area (TPSA) is 52.5 Å². The van der Waals surface area contributed by atoms with Crippen molar-refractivity contribution in [1.82, 2.24) is 14.9 Å². The van der Waals surface area contributed by atoms with Gasteiger partial charge >= 0.3 is 0 Å². The molecule has 0 bridgehead atoms. The van der Waals surface area contributed by atoms with Crippen molar-refractivity contribution < 1.29 is 5.11 Å². The van der Waals surface area contributed by atoms with Crippen LogP contribution in [0.4, 0.5) is 5.82 Å². The first-order chi connectivity index (χ1) is 14.7. The lowest BCUT2D eigenvalue weighted by Gasteiger charge is -2.37. The minimum Gasteiger partial charge on any atom is -0.508 e. The number of allylic oxidation sites excluding steroid dienone is 3. The fourth-order valence-electron chi connectivity index (χ4n) is 4.13. The van der Waals surface area contributed by atoms with Gasteiger partial charge in [0.2, 0.25) is 0 Å². The van der Waals surface area contributed by atoms with Gasteiger partial charge in [-0.05, 0) is 53.8 Å². The summed E-state index contributed by atoms with van der Waals surface area (Å²) in [5.41, 5.74) is 5.28. The summed E-state index contributed by atoms with van der Waals surface area (Å²) >= 11 is 0. The van der Waals surface area contributed by atoms with Crippen LogP contribution in [-0.2, 0) is 0 Å². The number of phenolic OH excluding ortho intramolecular Hbond substituents is 1. The SMILES string of the molecule is CC1C=CC(N2CCN(c3cnc4ccc(-c5ccc(O)cc5)cc4n3)CC2)=CC1. The maximum atomic E-state index is 9.53. The van der Waals surface area contributed by atoms with Gasteiger partial charge in [-0.2, -0.15) is 0 Å². The Morgan fingerprint density at radius 3 is 2.37 bits per heavy atom. The molecule has 2 aliphatic rings. The second kappa shape index (κ2) is 7.82. The summed E-state index contributed by atoms with van der Waals surface area (Å²) in [6, 6.07) is 13.4. The van der Waals surface area contributed by atoms with Crippen LogP contribution in [0.1, 0.15) is 13.3 Å². The highest BCUT2D eigenvalue weighted by Gasteiger charge is 2.20. The third kappa shape index (κ3) is 3.75. The lowest BCUT2D eigenvalue weighted by molar-refractivity contribution is 0.326. The zero-order chi connectivity index (χ0) is 20.5. The Hall–Kier alpha value is -3.34. The minimum atomic E-state index is 0.273. The first kappa shape index (κ1) is 18.7. The van der Waals surface area contributed by atoms with E-state index in [9.17, 15) is 5.11 Å². The molecular formula is C25H26N4O. The number of rotatable bonds is 3. The molecule has 1 saturated heterocycles. The number of aromatic hydroxyl groups is 1. The van der Waals surface area contributed by atoms with E-state index in [1.165, 1.54) is 5.70 Å². The summed E-state index contributed by atoms with van der Waals surface area (Å²) in [4.78, 5) is 14.4. The third-order valence-electron chi connectivity index (χ3n) is 5.99. The van der Waals surface area contributed by atoms with Crippen LogP contribution in [0, 0.1) is 5.92 Å². The molecule has 2 heterocycles. The van der Waals surface area contributed by atoms with Crippen molar-refractivity contribution >= 4 is 16.9 Å². The van der Waals surface area contributed by atoms with Crippen LogP contribution in [0.5, 0.6) is 5.75 Å². The fourth-order valence-corrected chi connectivity index (χ4v) is 4.13. The lowest BCUT2D eigenvalue weighted by atomic mass is 10.0. The average Bonchev–Trinajstić information content (AvgIpc) is 2.79. The number of piperazine rings is 1. The minimum absolute atomic E-state index is 0.273. The van der Waals surface area contributed by atoms with E-state index in [1.807, 2.05) is 30.5 Å². The van der Waals surface area contributed by atoms with Crippen LogP contribution in [0.15, 0.2) is 72.6 Å². The molecule has 1 atom stereocenters. The van der Waals surface area contributed by atoms with Gasteiger partial charge in [0, 0.05) is 31.9 Å². The number of phenols is 1. The quantitative estimate of drug-likeness (QED) is 0.699. The molecule has 152 valence electrons. The summed E-state index contributed by atoms with van der Waals surface area (Å²) in [6.45, 7) is 6.14. The molecule has 1 aliphatic carbocycles.